The van der Waals surface area contributed by atoms with Crippen LogP contribution in [0.4, 0.5) is 10.5 Å². The second-order valence-electron chi connectivity index (χ2n) is 3.31. The highest BCUT2D eigenvalue weighted by Crippen LogP contribution is 2.15. The zero-order chi connectivity index (χ0) is 9.97. The van der Waals surface area contributed by atoms with Crippen molar-refractivity contribution in [3.05, 3.63) is 29.8 Å². The van der Waals surface area contributed by atoms with Crippen LogP contribution in [0.1, 0.15) is 5.56 Å². The molecule has 1 aromatic carbocycles. The van der Waals surface area contributed by atoms with Gasteiger partial charge >= 0.3 is 6.09 Å². The highest BCUT2D eigenvalue weighted by Gasteiger charge is 2.22. The first-order valence-corrected chi connectivity index (χ1v) is 4.53. The van der Waals surface area contributed by atoms with E-state index in [-0.39, 0.29) is 12.2 Å². The van der Waals surface area contributed by atoms with Gasteiger partial charge in [0.05, 0.1) is 6.54 Å². The summed E-state index contributed by atoms with van der Waals surface area (Å²) < 4.78 is 5.01. The molecule has 2 rings (SSSR count). The molecule has 0 spiro atoms. The van der Waals surface area contributed by atoms with E-state index in [2.05, 4.69) is 5.32 Å². The van der Waals surface area contributed by atoms with Gasteiger partial charge in [-0.1, -0.05) is 18.2 Å². The molecule has 1 atom stereocenters. The molecule has 0 radical (unpaired) electrons. The molecule has 0 aliphatic carbocycles. The molecular weight excluding hydrogens is 180 g/mol. The number of nitrogens with two attached hydrogens (primary N) is 1. The quantitative estimate of drug-likeness (QED) is 0.685. The van der Waals surface area contributed by atoms with Gasteiger partial charge in [0.1, 0.15) is 6.10 Å². The van der Waals surface area contributed by atoms with Crippen LogP contribution in [-0.4, -0.2) is 18.7 Å². The first-order chi connectivity index (χ1) is 6.75. The van der Waals surface area contributed by atoms with Gasteiger partial charge in [0.15, 0.2) is 0 Å². The summed E-state index contributed by atoms with van der Waals surface area (Å²) in [6.07, 6.45) is 0.238. The van der Waals surface area contributed by atoms with Gasteiger partial charge in [-0.3, -0.25) is 0 Å². The number of nitrogens with one attached hydrogen (secondary N) is 1. The number of amides is 1. The lowest BCUT2D eigenvalue weighted by Crippen LogP contribution is -2.17. The van der Waals surface area contributed by atoms with Crippen molar-refractivity contribution in [3.63, 3.8) is 0 Å². The third-order valence-electron chi connectivity index (χ3n) is 2.25. The van der Waals surface area contributed by atoms with E-state index in [0.717, 1.165) is 11.3 Å². The van der Waals surface area contributed by atoms with Crippen LogP contribution in [0.25, 0.3) is 0 Å². The number of hydrogen-bond donors (Lipinski definition) is 2. The van der Waals surface area contributed by atoms with E-state index >= 15 is 0 Å². The van der Waals surface area contributed by atoms with Gasteiger partial charge < -0.3 is 15.8 Å². The Morgan fingerprint density at radius 3 is 2.93 bits per heavy atom. The van der Waals surface area contributed by atoms with E-state index in [4.69, 9.17) is 10.5 Å². The normalized spacial score (nSPS) is 20.3. The molecule has 0 bridgehead atoms. The molecular formula is C10H12N2O2. The Balaban J connectivity index is 2.04. The van der Waals surface area contributed by atoms with Gasteiger partial charge in [-0.2, -0.15) is 0 Å². The van der Waals surface area contributed by atoms with Gasteiger partial charge in [0.25, 0.3) is 0 Å². The molecule has 0 aromatic heterocycles. The molecule has 1 amide bonds. The maximum Gasteiger partial charge on any atom is 0.407 e. The van der Waals surface area contributed by atoms with Crippen molar-refractivity contribution in [1.29, 1.82) is 0 Å². The third kappa shape index (κ3) is 1.79. The molecule has 0 saturated carbocycles. The molecule has 1 saturated heterocycles. The summed E-state index contributed by atoms with van der Waals surface area (Å²) in [5, 5.41) is 2.61. The van der Waals surface area contributed by atoms with Crippen molar-refractivity contribution >= 4 is 11.8 Å². The Kier molecular flexibility index (Phi) is 2.26. The van der Waals surface area contributed by atoms with Crippen molar-refractivity contribution in [2.75, 3.05) is 12.3 Å². The number of hydrogen-bond acceptors (Lipinski definition) is 3. The van der Waals surface area contributed by atoms with E-state index in [1.807, 2.05) is 24.3 Å². The summed E-state index contributed by atoms with van der Waals surface area (Å²) in [5.74, 6) is 0. The first kappa shape index (κ1) is 8.87. The molecule has 4 heteroatoms. The first-order valence-electron chi connectivity index (χ1n) is 4.53. The predicted molar refractivity (Wildman–Crippen MR) is 52.8 cm³/mol. The van der Waals surface area contributed by atoms with E-state index in [1.54, 1.807) is 0 Å². The topological polar surface area (TPSA) is 64.3 Å². The van der Waals surface area contributed by atoms with Crippen molar-refractivity contribution in [1.82, 2.24) is 5.32 Å². The molecule has 1 aromatic rings. The smallest absolute Gasteiger partial charge is 0.407 e. The zero-order valence-electron chi connectivity index (χ0n) is 7.69. The minimum Gasteiger partial charge on any atom is -0.444 e. The van der Waals surface area contributed by atoms with Crippen LogP contribution >= 0.6 is 0 Å². The molecule has 74 valence electrons. The van der Waals surface area contributed by atoms with Crippen molar-refractivity contribution in [3.8, 4) is 0 Å². The molecule has 1 aliphatic heterocycles. The number of alkyl carbamates (subject to hydrolysis) is 1. The van der Waals surface area contributed by atoms with E-state index in [9.17, 15) is 4.79 Å². The van der Waals surface area contributed by atoms with E-state index < -0.39 is 0 Å². The maximum absolute atomic E-state index is 10.8. The van der Waals surface area contributed by atoms with Crippen LogP contribution < -0.4 is 11.1 Å². The highest BCUT2D eigenvalue weighted by molar-refractivity contribution is 5.69. The van der Waals surface area contributed by atoms with Gasteiger partial charge in [-0.05, 0) is 11.6 Å². The predicted octanol–water partition coefficient (Wildman–Crippen LogP) is 0.920. The summed E-state index contributed by atoms with van der Waals surface area (Å²) in [5.41, 5.74) is 7.54. The van der Waals surface area contributed by atoms with E-state index in [0.29, 0.717) is 13.0 Å². The van der Waals surface area contributed by atoms with Crippen LogP contribution in [0.3, 0.4) is 0 Å². The number of anilines is 1. The van der Waals surface area contributed by atoms with Crippen LogP contribution in [0.5, 0.6) is 0 Å². The van der Waals surface area contributed by atoms with Gasteiger partial charge in [-0.15, -0.1) is 0 Å². The molecule has 1 aliphatic rings. The largest absolute Gasteiger partial charge is 0.444 e. The summed E-state index contributed by atoms with van der Waals surface area (Å²) >= 11 is 0. The molecule has 1 heterocycles. The van der Waals surface area contributed by atoms with Crippen LogP contribution in [0.2, 0.25) is 0 Å². The van der Waals surface area contributed by atoms with Gasteiger partial charge in [-0.25, -0.2) is 4.79 Å². The van der Waals surface area contributed by atoms with Crippen LogP contribution in [0, 0.1) is 0 Å². The van der Waals surface area contributed by atoms with Crippen molar-refractivity contribution in [2.45, 2.75) is 12.5 Å². The zero-order valence-corrected chi connectivity index (χ0v) is 7.69. The number of para-hydroxylation sites is 1. The number of cyclic esters (lactones) is 1. The average Bonchev–Trinajstić information content (AvgIpc) is 2.56. The Morgan fingerprint density at radius 2 is 2.29 bits per heavy atom. The Bertz CT molecular complexity index is 352. The summed E-state index contributed by atoms with van der Waals surface area (Å²) in [4.78, 5) is 10.8. The lowest BCUT2D eigenvalue weighted by atomic mass is 10.1. The van der Waals surface area contributed by atoms with Gasteiger partial charge in [0.2, 0.25) is 0 Å². The van der Waals surface area contributed by atoms with Gasteiger partial charge in [0, 0.05) is 12.1 Å². The third-order valence-corrected chi connectivity index (χ3v) is 2.25. The lowest BCUT2D eigenvalue weighted by molar-refractivity contribution is 0.140. The Labute approximate surface area is 82.1 Å². The fraction of sp³-hybridized carbons (Fsp3) is 0.300. The van der Waals surface area contributed by atoms with Crippen LogP contribution in [-0.2, 0) is 11.2 Å². The molecule has 3 N–H and O–H groups in total. The highest BCUT2D eigenvalue weighted by atomic mass is 16.6. The fourth-order valence-corrected chi connectivity index (χ4v) is 1.51. The monoisotopic (exact) mass is 192 g/mol. The van der Waals surface area contributed by atoms with E-state index in [1.165, 1.54) is 0 Å². The summed E-state index contributed by atoms with van der Waals surface area (Å²) in [6.45, 7) is 0.563. The fourth-order valence-electron chi connectivity index (χ4n) is 1.51. The number of nitrogen functional groups attached to an aromatic ring is 1. The standard InChI is InChI=1S/C10H12N2O2/c11-9-4-2-1-3-7(9)5-8-6-12-10(13)14-8/h1-4,8H,5-6,11H2,(H,12,13). The second-order valence-corrected chi connectivity index (χ2v) is 3.31. The minimum atomic E-state index is -0.343. The minimum absolute atomic E-state index is 0.0906. The molecule has 4 nitrogen and oxygen atoms in total. The summed E-state index contributed by atoms with van der Waals surface area (Å²) in [7, 11) is 0. The number of ether oxygens (including phenoxy) is 1. The van der Waals surface area contributed by atoms with Crippen molar-refractivity contribution < 1.29 is 9.53 Å². The van der Waals surface area contributed by atoms with Crippen LogP contribution in [0.15, 0.2) is 24.3 Å². The molecule has 1 fully saturated rings. The lowest BCUT2D eigenvalue weighted by Gasteiger charge is -2.09. The number of carbonyl (C=O) groups is 1. The number of benzene rings is 1. The molecule has 14 heavy (non-hydrogen) atoms. The molecule has 1 unspecified atom stereocenters. The van der Waals surface area contributed by atoms with Crippen molar-refractivity contribution in [2.24, 2.45) is 0 Å². The SMILES string of the molecule is Nc1ccccc1CC1CNC(=O)O1. The second kappa shape index (κ2) is 3.57. The Morgan fingerprint density at radius 1 is 1.50 bits per heavy atom. The number of carbonyl (C=O) groups excluding carboxylic acids is 1. The Hall–Kier alpha value is -1.71. The maximum atomic E-state index is 10.8. The average molecular weight is 192 g/mol. The number of rotatable bonds is 2. The summed E-state index contributed by atoms with van der Waals surface area (Å²) in [6, 6.07) is 7.61.